The lowest BCUT2D eigenvalue weighted by atomic mass is 10.0. The van der Waals surface area contributed by atoms with Crippen molar-refractivity contribution in [1.82, 2.24) is 5.32 Å². The van der Waals surface area contributed by atoms with Gasteiger partial charge in [0.25, 0.3) is 0 Å². The number of benzene rings is 2. The van der Waals surface area contributed by atoms with E-state index in [-0.39, 0.29) is 24.5 Å². The normalized spacial score (nSPS) is 17.5. The van der Waals surface area contributed by atoms with Crippen LogP contribution in [0.15, 0.2) is 36.4 Å². The van der Waals surface area contributed by atoms with Crippen LogP contribution in [-0.2, 0) is 4.74 Å². The van der Waals surface area contributed by atoms with E-state index in [1.807, 2.05) is 30.3 Å². The second-order valence-electron chi connectivity index (χ2n) is 4.27. The van der Waals surface area contributed by atoms with E-state index in [2.05, 4.69) is 11.4 Å². The summed E-state index contributed by atoms with van der Waals surface area (Å²) in [5, 5.41) is 5.01. The van der Waals surface area contributed by atoms with E-state index in [4.69, 9.17) is 9.47 Å². The van der Waals surface area contributed by atoms with Gasteiger partial charge in [-0.2, -0.15) is 0 Å². The molecule has 0 saturated carbocycles. The summed E-state index contributed by atoms with van der Waals surface area (Å²) in [5.41, 5.74) is 1.05. The van der Waals surface area contributed by atoms with Gasteiger partial charge in [-0.1, -0.05) is 18.2 Å². The first-order chi connectivity index (χ1) is 8.76. The van der Waals surface area contributed by atoms with E-state index in [1.54, 1.807) is 7.11 Å². The molecule has 5 heteroatoms. The van der Waals surface area contributed by atoms with E-state index in [9.17, 15) is 4.79 Å². The molecule has 1 aliphatic rings. The van der Waals surface area contributed by atoms with Crippen molar-refractivity contribution in [2.24, 2.45) is 0 Å². The third-order valence-corrected chi connectivity index (χ3v) is 3.15. The first-order valence-electron chi connectivity index (χ1n) is 5.77. The molecule has 1 N–H and O–H groups in total. The molecule has 100 valence electrons. The van der Waals surface area contributed by atoms with Crippen molar-refractivity contribution in [2.45, 2.75) is 6.04 Å². The molecular formula is C14H14ClNO3. The van der Waals surface area contributed by atoms with Crippen LogP contribution >= 0.6 is 12.4 Å². The van der Waals surface area contributed by atoms with Crippen LogP contribution in [0, 0.1) is 0 Å². The summed E-state index contributed by atoms with van der Waals surface area (Å²) in [5.74, 6) is 0.841. The quantitative estimate of drug-likeness (QED) is 0.919. The number of hydrogen-bond acceptors (Lipinski definition) is 3. The number of carbonyl (C=O) groups excluding carboxylic acids is 1. The molecule has 4 nitrogen and oxygen atoms in total. The van der Waals surface area contributed by atoms with Crippen molar-refractivity contribution >= 4 is 29.3 Å². The van der Waals surface area contributed by atoms with Crippen LogP contribution in [0.2, 0.25) is 0 Å². The van der Waals surface area contributed by atoms with Gasteiger partial charge >= 0.3 is 6.09 Å². The van der Waals surface area contributed by atoms with Crippen molar-refractivity contribution in [3.63, 3.8) is 0 Å². The number of nitrogens with one attached hydrogen (secondary N) is 1. The molecule has 1 heterocycles. The van der Waals surface area contributed by atoms with Crippen molar-refractivity contribution in [3.8, 4) is 5.75 Å². The molecule has 0 spiro atoms. The van der Waals surface area contributed by atoms with Crippen LogP contribution in [-0.4, -0.2) is 19.8 Å². The number of cyclic esters (lactones) is 1. The molecule has 0 radical (unpaired) electrons. The van der Waals surface area contributed by atoms with Gasteiger partial charge in [0.15, 0.2) is 0 Å². The fourth-order valence-electron chi connectivity index (χ4n) is 2.15. The number of amides is 1. The number of hydrogen-bond donors (Lipinski definition) is 1. The largest absolute Gasteiger partial charge is 0.497 e. The summed E-state index contributed by atoms with van der Waals surface area (Å²) in [7, 11) is 1.65. The zero-order valence-corrected chi connectivity index (χ0v) is 11.2. The van der Waals surface area contributed by atoms with E-state index in [1.165, 1.54) is 0 Å². The van der Waals surface area contributed by atoms with Gasteiger partial charge in [-0.25, -0.2) is 4.79 Å². The monoisotopic (exact) mass is 279 g/mol. The Labute approximate surface area is 117 Å². The number of methoxy groups -OCH3 is 1. The highest BCUT2D eigenvalue weighted by Crippen LogP contribution is 2.25. The zero-order valence-electron chi connectivity index (χ0n) is 10.4. The van der Waals surface area contributed by atoms with Crippen LogP contribution < -0.4 is 10.1 Å². The Morgan fingerprint density at radius 2 is 1.95 bits per heavy atom. The van der Waals surface area contributed by atoms with Gasteiger partial charge in [-0.15, -0.1) is 12.4 Å². The second kappa shape index (κ2) is 5.36. The third-order valence-electron chi connectivity index (χ3n) is 3.15. The molecule has 1 aliphatic heterocycles. The standard InChI is InChI=1S/C14H13NO3.ClH/c1-17-12-5-4-9-6-11(3-2-10(9)7-12)13-8-18-14(16)15-13;/h2-7,13H,8H2,1H3,(H,15,16);1H/t13-;/m1./s1. The highest BCUT2D eigenvalue weighted by molar-refractivity contribution is 5.85. The van der Waals surface area contributed by atoms with Crippen LogP contribution in [0.3, 0.4) is 0 Å². The van der Waals surface area contributed by atoms with Crippen LogP contribution in [0.1, 0.15) is 11.6 Å². The predicted octanol–water partition coefficient (Wildman–Crippen LogP) is 3.05. The second-order valence-corrected chi connectivity index (χ2v) is 4.27. The van der Waals surface area contributed by atoms with Crippen LogP contribution in [0.4, 0.5) is 4.79 Å². The van der Waals surface area contributed by atoms with E-state index < -0.39 is 0 Å². The van der Waals surface area contributed by atoms with Gasteiger partial charge in [-0.3, -0.25) is 0 Å². The van der Waals surface area contributed by atoms with Gasteiger partial charge in [0.05, 0.1) is 13.2 Å². The number of ether oxygens (including phenoxy) is 2. The summed E-state index contributed by atoms with van der Waals surface area (Å²) in [4.78, 5) is 11.0. The fraction of sp³-hybridized carbons (Fsp3) is 0.214. The molecule has 1 amide bonds. The maximum atomic E-state index is 11.0. The zero-order chi connectivity index (χ0) is 12.5. The van der Waals surface area contributed by atoms with Crippen LogP contribution in [0.25, 0.3) is 10.8 Å². The van der Waals surface area contributed by atoms with Crippen molar-refractivity contribution in [2.75, 3.05) is 13.7 Å². The van der Waals surface area contributed by atoms with Crippen molar-refractivity contribution in [1.29, 1.82) is 0 Å². The molecule has 1 atom stereocenters. The molecule has 1 fully saturated rings. The molecule has 2 aromatic carbocycles. The number of carbonyl (C=O) groups is 1. The summed E-state index contributed by atoms with van der Waals surface area (Å²) in [6.07, 6.45) is -0.352. The minimum absolute atomic E-state index is 0. The highest BCUT2D eigenvalue weighted by Gasteiger charge is 2.23. The van der Waals surface area contributed by atoms with E-state index in [0.717, 1.165) is 22.1 Å². The molecule has 1 saturated heterocycles. The number of alkyl carbamates (subject to hydrolysis) is 1. The Bertz CT molecular complexity index is 615. The molecule has 3 rings (SSSR count). The van der Waals surface area contributed by atoms with Crippen molar-refractivity contribution < 1.29 is 14.3 Å². The summed E-state index contributed by atoms with van der Waals surface area (Å²) < 4.78 is 10.1. The average Bonchev–Trinajstić information content (AvgIpc) is 2.84. The van der Waals surface area contributed by atoms with E-state index in [0.29, 0.717) is 6.61 Å². The molecule has 0 unspecified atom stereocenters. The lowest BCUT2D eigenvalue weighted by Crippen LogP contribution is -2.18. The number of halogens is 1. The van der Waals surface area contributed by atoms with Gasteiger partial charge in [0.1, 0.15) is 12.4 Å². The van der Waals surface area contributed by atoms with E-state index >= 15 is 0 Å². The Balaban J connectivity index is 0.00000133. The Kier molecular flexibility index (Phi) is 3.81. The molecule has 0 aromatic heterocycles. The highest BCUT2D eigenvalue weighted by atomic mass is 35.5. The predicted molar refractivity (Wildman–Crippen MR) is 75.0 cm³/mol. The SMILES string of the molecule is COc1ccc2cc([C@H]3COC(=O)N3)ccc2c1.Cl. The molecule has 0 aliphatic carbocycles. The minimum atomic E-state index is -0.352. The smallest absolute Gasteiger partial charge is 0.407 e. The topological polar surface area (TPSA) is 47.6 Å². The molecule has 0 bridgehead atoms. The number of fused-ring (bicyclic) bond motifs is 1. The van der Waals surface area contributed by atoms with Crippen LogP contribution in [0.5, 0.6) is 5.75 Å². The summed E-state index contributed by atoms with van der Waals surface area (Å²) in [6, 6.07) is 12.0. The van der Waals surface area contributed by atoms with Gasteiger partial charge in [-0.05, 0) is 34.5 Å². The van der Waals surface area contributed by atoms with Gasteiger partial charge in [0, 0.05) is 0 Å². The first-order valence-corrected chi connectivity index (χ1v) is 5.77. The molecule has 19 heavy (non-hydrogen) atoms. The summed E-state index contributed by atoms with van der Waals surface area (Å²) in [6.45, 7) is 0.389. The maximum Gasteiger partial charge on any atom is 0.407 e. The summed E-state index contributed by atoms with van der Waals surface area (Å²) >= 11 is 0. The third kappa shape index (κ3) is 2.58. The fourth-order valence-corrected chi connectivity index (χ4v) is 2.15. The average molecular weight is 280 g/mol. The lowest BCUT2D eigenvalue weighted by Gasteiger charge is -2.09. The van der Waals surface area contributed by atoms with Gasteiger partial charge < -0.3 is 14.8 Å². The minimum Gasteiger partial charge on any atom is -0.497 e. The Morgan fingerprint density at radius 3 is 2.63 bits per heavy atom. The molecule has 2 aromatic rings. The maximum absolute atomic E-state index is 11.0. The lowest BCUT2D eigenvalue weighted by molar-refractivity contribution is 0.177. The van der Waals surface area contributed by atoms with Gasteiger partial charge in [0.2, 0.25) is 0 Å². The molecular weight excluding hydrogens is 266 g/mol. The Hall–Kier alpha value is -1.94. The first kappa shape index (κ1) is 13.5. The van der Waals surface area contributed by atoms with Crippen molar-refractivity contribution in [3.05, 3.63) is 42.0 Å². The number of rotatable bonds is 2. The Morgan fingerprint density at radius 1 is 1.21 bits per heavy atom.